The van der Waals surface area contributed by atoms with Crippen molar-refractivity contribution in [2.75, 3.05) is 31.1 Å². The predicted molar refractivity (Wildman–Crippen MR) is 146 cm³/mol. The van der Waals surface area contributed by atoms with Gasteiger partial charge in [0.15, 0.2) is 0 Å². The van der Waals surface area contributed by atoms with Crippen molar-refractivity contribution in [2.24, 2.45) is 5.41 Å². The van der Waals surface area contributed by atoms with Crippen molar-refractivity contribution in [3.63, 3.8) is 0 Å². The van der Waals surface area contributed by atoms with Crippen LogP contribution in [0.15, 0.2) is 41.2 Å². The molecule has 198 valence electrons. The van der Waals surface area contributed by atoms with E-state index >= 15 is 0 Å². The molecule has 0 bridgehead atoms. The van der Waals surface area contributed by atoms with E-state index in [1.54, 1.807) is 39.8 Å². The summed E-state index contributed by atoms with van der Waals surface area (Å²) in [6.07, 6.45) is -0.350. The first-order valence-electron chi connectivity index (χ1n) is 12.5. The van der Waals surface area contributed by atoms with E-state index in [0.29, 0.717) is 60.2 Å². The zero-order valence-electron chi connectivity index (χ0n) is 22.3. The van der Waals surface area contributed by atoms with Crippen molar-refractivity contribution in [1.29, 1.82) is 0 Å². The summed E-state index contributed by atoms with van der Waals surface area (Å²) in [6, 6.07) is 9.70. The van der Waals surface area contributed by atoms with Gasteiger partial charge in [0.1, 0.15) is 17.1 Å². The van der Waals surface area contributed by atoms with E-state index in [9.17, 15) is 14.0 Å². The van der Waals surface area contributed by atoms with Crippen molar-refractivity contribution < 1.29 is 13.9 Å². The first kappa shape index (κ1) is 26.9. The van der Waals surface area contributed by atoms with Crippen LogP contribution in [-0.2, 0) is 11.3 Å². The highest BCUT2D eigenvalue weighted by Gasteiger charge is 2.28. The van der Waals surface area contributed by atoms with E-state index in [4.69, 9.17) is 21.3 Å². The molecule has 3 heterocycles. The molecule has 0 N–H and O–H groups in total. The molecule has 2 aromatic heterocycles. The molecule has 1 aliphatic heterocycles. The Kier molecular flexibility index (Phi) is 7.25. The number of halogens is 2. The van der Waals surface area contributed by atoms with Crippen LogP contribution in [0, 0.1) is 11.2 Å². The maximum absolute atomic E-state index is 14.7. The van der Waals surface area contributed by atoms with Crippen molar-refractivity contribution in [3.05, 3.63) is 57.6 Å². The zero-order valence-corrected chi connectivity index (χ0v) is 23.0. The van der Waals surface area contributed by atoms with Gasteiger partial charge < -0.3 is 14.5 Å². The summed E-state index contributed by atoms with van der Waals surface area (Å²) in [5.41, 5.74) is 0.762. The summed E-state index contributed by atoms with van der Waals surface area (Å²) in [6.45, 7) is 14.0. The minimum absolute atomic E-state index is 0.193. The molecule has 1 aliphatic rings. The summed E-state index contributed by atoms with van der Waals surface area (Å²) in [5, 5.41) is 1.01. The number of carbonyl (C=O) groups excluding carboxylic acids is 1. The number of hydrogen-bond donors (Lipinski definition) is 0. The second-order valence-electron chi connectivity index (χ2n) is 11.6. The Morgan fingerprint density at radius 2 is 1.70 bits per heavy atom. The second kappa shape index (κ2) is 9.97. The van der Waals surface area contributed by atoms with E-state index in [-0.39, 0.29) is 22.6 Å². The Morgan fingerprint density at radius 3 is 2.30 bits per heavy atom. The minimum Gasteiger partial charge on any atom is -0.444 e. The van der Waals surface area contributed by atoms with Crippen molar-refractivity contribution in [1.82, 2.24) is 14.5 Å². The van der Waals surface area contributed by atoms with Gasteiger partial charge in [0.25, 0.3) is 5.56 Å². The molecule has 4 rings (SSSR count). The summed E-state index contributed by atoms with van der Waals surface area (Å²) in [4.78, 5) is 34.4. The van der Waals surface area contributed by atoms with Gasteiger partial charge in [-0.15, -0.1) is 0 Å². The summed E-state index contributed by atoms with van der Waals surface area (Å²) in [7, 11) is 0. The topological polar surface area (TPSA) is 67.7 Å². The number of anilines is 1. The number of piperazine rings is 1. The number of hydrogen-bond acceptors (Lipinski definition) is 5. The molecule has 1 fully saturated rings. The molecule has 7 nitrogen and oxygen atoms in total. The van der Waals surface area contributed by atoms with Crippen molar-refractivity contribution in [3.8, 4) is 11.3 Å². The molecule has 0 saturated carbocycles. The summed E-state index contributed by atoms with van der Waals surface area (Å²) in [5.74, 6) is -0.435. The lowest BCUT2D eigenvalue weighted by molar-refractivity contribution is 0.0240. The molecule has 9 heteroatoms. The third-order valence-electron chi connectivity index (χ3n) is 6.05. The predicted octanol–water partition coefficient (Wildman–Crippen LogP) is 5.96. The van der Waals surface area contributed by atoms with E-state index in [1.165, 1.54) is 6.07 Å². The Labute approximate surface area is 221 Å². The molecule has 0 unspecified atom stereocenters. The van der Waals surface area contributed by atoms with Crippen molar-refractivity contribution in [2.45, 2.75) is 53.7 Å². The number of amides is 1. The number of aromatic nitrogens is 2. The normalized spacial score (nSPS) is 14.8. The molecule has 37 heavy (non-hydrogen) atoms. The van der Waals surface area contributed by atoms with Crippen LogP contribution in [-0.4, -0.2) is 52.3 Å². The van der Waals surface area contributed by atoms with Gasteiger partial charge in [-0.2, -0.15) is 0 Å². The maximum Gasteiger partial charge on any atom is 0.410 e. The second-order valence-corrected chi connectivity index (χ2v) is 12.0. The highest BCUT2D eigenvalue weighted by Crippen LogP contribution is 2.35. The number of rotatable bonds is 3. The highest BCUT2D eigenvalue weighted by molar-refractivity contribution is 6.33. The SMILES string of the molecule is CC(C)(C)Cn1c(=O)cc(N2CCN(C(=O)OC(C)(C)C)CC2)c2cc(Cl)c(-c3ccccc3F)nc21. The number of carbonyl (C=O) groups is 1. The van der Waals surface area contributed by atoms with Crippen LogP contribution in [0.2, 0.25) is 5.02 Å². The van der Waals surface area contributed by atoms with E-state index in [0.717, 1.165) is 0 Å². The molecule has 0 aliphatic carbocycles. The molecule has 1 amide bonds. The number of benzene rings is 1. The fraction of sp³-hybridized carbons (Fsp3) is 0.464. The molecule has 1 saturated heterocycles. The average molecular weight is 529 g/mol. The zero-order chi connectivity index (χ0) is 27.1. The lowest BCUT2D eigenvalue weighted by atomic mass is 9.96. The quantitative estimate of drug-likeness (QED) is 0.419. The molecule has 0 radical (unpaired) electrons. The molecular weight excluding hydrogens is 495 g/mol. The van der Waals surface area contributed by atoms with E-state index in [1.807, 2.05) is 41.5 Å². The van der Waals surface area contributed by atoms with Crippen molar-refractivity contribution >= 4 is 34.4 Å². The Bertz CT molecular complexity index is 1380. The van der Waals surface area contributed by atoms with Crippen LogP contribution in [0.4, 0.5) is 14.9 Å². The highest BCUT2D eigenvalue weighted by atomic mass is 35.5. The first-order chi connectivity index (χ1) is 17.2. The smallest absolute Gasteiger partial charge is 0.410 e. The van der Waals surface area contributed by atoms with Gasteiger partial charge in [-0.05, 0) is 44.4 Å². The lowest BCUT2D eigenvalue weighted by Gasteiger charge is -2.37. The van der Waals surface area contributed by atoms with Crippen LogP contribution in [0.1, 0.15) is 41.5 Å². The Balaban J connectivity index is 1.78. The Morgan fingerprint density at radius 1 is 1.05 bits per heavy atom. The van der Waals surface area contributed by atoms with Crippen LogP contribution < -0.4 is 10.5 Å². The summed E-state index contributed by atoms with van der Waals surface area (Å²) >= 11 is 6.67. The third kappa shape index (κ3) is 6.06. The molecule has 0 atom stereocenters. The number of fused-ring (bicyclic) bond motifs is 1. The molecule has 3 aromatic rings. The third-order valence-corrected chi connectivity index (χ3v) is 6.34. The van der Waals surface area contributed by atoms with E-state index < -0.39 is 11.4 Å². The number of nitrogens with zero attached hydrogens (tertiary/aromatic N) is 4. The lowest BCUT2D eigenvalue weighted by Crippen LogP contribution is -2.50. The van der Waals surface area contributed by atoms with Crippen LogP contribution in [0.5, 0.6) is 0 Å². The van der Waals surface area contributed by atoms with Crippen LogP contribution in [0.25, 0.3) is 22.3 Å². The van der Waals surface area contributed by atoms with Gasteiger partial charge in [0.2, 0.25) is 0 Å². The Hall–Kier alpha value is -3.13. The molecule has 0 spiro atoms. The largest absolute Gasteiger partial charge is 0.444 e. The molecule has 1 aromatic carbocycles. The number of ether oxygens (including phenoxy) is 1. The van der Waals surface area contributed by atoms with Gasteiger partial charge in [-0.3, -0.25) is 9.36 Å². The van der Waals surface area contributed by atoms with Gasteiger partial charge in [0.05, 0.1) is 16.4 Å². The van der Waals surface area contributed by atoms with Crippen LogP contribution >= 0.6 is 11.6 Å². The maximum atomic E-state index is 14.7. The van der Waals surface area contributed by atoms with Gasteiger partial charge >= 0.3 is 6.09 Å². The summed E-state index contributed by atoms with van der Waals surface area (Å²) < 4.78 is 21.8. The standard InChI is InChI=1S/C28H34ClFN4O3/c1-27(2,3)17-34-23(35)16-22(32-11-13-33(14-12-32)26(36)37-28(4,5)6)19-15-20(29)24(31-25(19)34)18-9-7-8-10-21(18)30/h7-10,15-16H,11-14,17H2,1-6H3. The minimum atomic E-state index is -0.569. The number of pyridine rings is 2. The average Bonchev–Trinajstić information content (AvgIpc) is 2.79. The van der Waals surface area contributed by atoms with Gasteiger partial charge in [0, 0.05) is 49.7 Å². The van der Waals surface area contributed by atoms with Gasteiger partial charge in [-0.1, -0.05) is 44.5 Å². The van der Waals surface area contributed by atoms with Crippen LogP contribution in [0.3, 0.4) is 0 Å². The fourth-order valence-electron chi connectivity index (χ4n) is 4.44. The van der Waals surface area contributed by atoms with E-state index in [2.05, 4.69) is 4.90 Å². The first-order valence-corrected chi connectivity index (χ1v) is 12.8. The fourth-order valence-corrected chi connectivity index (χ4v) is 4.69. The monoisotopic (exact) mass is 528 g/mol. The molecular formula is C28H34ClFN4O3. The van der Waals surface area contributed by atoms with Gasteiger partial charge in [-0.25, -0.2) is 14.2 Å².